The Balaban J connectivity index is 1.95. The van der Waals surface area contributed by atoms with Crippen LogP contribution in [-0.2, 0) is 4.79 Å². The van der Waals surface area contributed by atoms with Crippen LogP contribution in [0.2, 0.25) is 0 Å². The van der Waals surface area contributed by atoms with Crippen LogP contribution in [0.15, 0.2) is 18.2 Å². The summed E-state index contributed by atoms with van der Waals surface area (Å²) in [7, 11) is 1.65. The number of nitrogens with one attached hydrogen (secondary N) is 1. The van der Waals surface area contributed by atoms with E-state index in [1.54, 1.807) is 7.05 Å². The summed E-state index contributed by atoms with van der Waals surface area (Å²) < 4.78 is 0. The first-order valence-corrected chi connectivity index (χ1v) is 7.09. The third kappa shape index (κ3) is 2.35. The molecule has 1 saturated heterocycles. The van der Waals surface area contributed by atoms with Crippen LogP contribution >= 0.6 is 0 Å². The van der Waals surface area contributed by atoms with E-state index in [9.17, 15) is 9.59 Å². The van der Waals surface area contributed by atoms with Gasteiger partial charge in [-0.15, -0.1) is 0 Å². The lowest BCUT2D eigenvalue weighted by Gasteiger charge is -2.29. The average Bonchev–Trinajstić information content (AvgIpc) is 2.56. The molecule has 2 aliphatic rings. The SMILES string of the molecule is CN1CC(=O)Nc2cc(N3CCCCC3)ccc2C1=O. The quantitative estimate of drug-likeness (QED) is 0.847. The molecule has 0 aliphatic carbocycles. The molecule has 0 bridgehead atoms. The van der Waals surface area contributed by atoms with Gasteiger partial charge in [-0.1, -0.05) is 0 Å². The minimum absolute atomic E-state index is 0.104. The Morgan fingerprint density at radius 3 is 2.60 bits per heavy atom. The van der Waals surface area contributed by atoms with Crippen LogP contribution in [0.3, 0.4) is 0 Å². The van der Waals surface area contributed by atoms with Crippen LogP contribution in [0.25, 0.3) is 0 Å². The highest BCUT2D eigenvalue weighted by molar-refractivity contribution is 6.08. The van der Waals surface area contributed by atoms with Gasteiger partial charge in [-0.25, -0.2) is 0 Å². The standard InChI is InChI=1S/C15H19N3O2/c1-17-10-14(19)16-13-9-11(5-6-12(13)15(17)20)18-7-3-2-4-8-18/h5-6,9H,2-4,7-8,10H2,1H3,(H,16,19). The van der Waals surface area contributed by atoms with Crippen LogP contribution in [0.5, 0.6) is 0 Å². The van der Waals surface area contributed by atoms with E-state index in [1.807, 2.05) is 18.2 Å². The van der Waals surface area contributed by atoms with Gasteiger partial charge in [0.1, 0.15) is 0 Å². The van der Waals surface area contributed by atoms with Crippen LogP contribution in [0, 0.1) is 0 Å². The highest BCUT2D eigenvalue weighted by Gasteiger charge is 2.24. The summed E-state index contributed by atoms with van der Waals surface area (Å²) in [6, 6.07) is 5.73. The molecule has 0 aromatic heterocycles. The number of benzene rings is 1. The Kier molecular flexibility index (Phi) is 3.34. The number of rotatable bonds is 1. The van der Waals surface area contributed by atoms with Crippen molar-refractivity contribution in [3.63, 3.8) is 0 Å². The van der Waals surface area contributed by atoms with Crippen molar-refractivity contribution in [2.24, 2.45) is 0 Å². The molecule has 106 valence electrons. The Morgan fingerprint density at radius 2 is 1.85 bits per heavy atom. The van der Waals surface area contributed by atoms with E-state index in [1.165, 1.54) is 24.2 Å². The molecule has 2 heterocycles. The van der Waals surface area contributed by atoms with Crippen molar-refractivity contribution in [1.29, 1.82) is 0 Å². The molecule has 0 unspecified atom stereocenters. The lowest BCUT2D eigenvalue weighted by Crippen LogP contribution is -2.31. The Bertz CT molecular complexity index is 550. The van der Waals surface area contributed by atoms with Gasteiger partial charge in [0.05, 0.1) is 17.8 Å². The van der Waals surface area contributed by atoms with E-state index >= 15 is 0 Å². The number of hydrogen-bond donors (Lipinski definition) is 1. The van der Waals surface area contributed by atoms with E-state index in [0.717, 1.165) is 18.8 Å². The predicted molar refractivity (Wildman–Crippen MR) is 78.1 cm³/mol. The molecule has 0 radical (unpaired) electrons. The van der Waals surface area contributed by atoms with Crippen LogP contribution in [0.1, 0.15) is 29.6 Å². The molecule has 0 atom stereocenters. The van der Waals surface area contributed by atoms with Crippen molar-refractivity contribution in [1.82, 2.24) is 4.90 Å². The second-order valence-electron chi connectivity index (χ2n) is 5.49. The second kappa shape index (κ2) is 5.15. The van der Waals surface area contributed by atoms with E-state index in [4.69, 9.17) is 0 Å². The Morgan fingerprint density at radius 1 is 1.10 bits per heavy atom. The molecule has 2 amide bonds. The van der Waals surface area contributed by atoms with Gasteiger partial charge in [-0.3, -0.25) is 9.59 Å². The summed E-state index contributed by atoms with van der Waals surface area (Å²) in [5.41, 5.74) is 2.28. The minimum Gasteiger partial charge on any atom is -0.371 e. The molecule has 5 heteroatoms. The molecular formula is C15H19N3O2. The summed E-state index contributed by atoms with van der Waals surface area (Å²) in [4.78, 5) is 27.7. The molecule has 0 spiro atoms. The van der Waals surface area contributed by atoms with Gasteiger partial charge < -0.3 is 15.1 Å². The third-order valence-electron chi connectivity index (χ3n) is 3.96. The fourth-order valence-electron chi connectivity index (χ4n) is 2.85. The number of fused-ring (bicyclic) bond motifs is 1. The van der Waals surface area contributed by atoms with Crippen molar-refractivity contribution >= 4 is 23.2 Å². The number of carbonyl (C=O) groups excluding carboxylic acids is 2. The molecule has 1 N–H and O–H groups in total. The zero-order chi connectivity index (χ0) is 14.1. The van der Waals surface area contributed by atoms with Gasteiger partial charge in [0.2, 0.25) is 5.91 Å². The zero-order valence-corrected chi connectivity index (χ0v) is 11.7. The smallest absolute Gasteiger partial charge is 0.256 e. The number of hydrogen-bond acceptors (Lipinski definition) is 3. The summed E-state index contributed by atoms with van der Waals surface area (Å²) in [5, 5.41) is 2.83. The van der Waals surface area contributed by atoms with Crippen LogP contribution < -0.4 is 10.2 Å². The van der Waals surface area contributed by atoms with Crippen molar-refractivity contribution < 1.29 is 9.59 Å². The third-order valence-corrected chi connectivity index (χ3v) is 3.96. The minimum atomic E-state index is -0.143. The maximum absolute atomic E-state index is 12.2. The maximum atomic E-state index is 12.2. The highest BCUT2D eigenvalue weighted by atomic mass is 16.2. The number of piperidine rings is 1. The molecule has 20 heavy (non-hydrogen) atoms. The normalized spacial score (nSPS) is 19.4. The van der Waals surface area contributed by atoms with Crippen molar-refractivity contribution in [2.45, 2.75) is 19.3 Å². The maximum Gasteiger partial charge on any atom is 0.256 e. The van der Waals surface area contributed by atoms with Gasteiger partial charge in [-0.2, -0.15) is 0 Å². The van der Waals surface area contributed by atoms with E-state index in [2.05, 4.69) is 10.2 Å². The van der Waals surface area contributed by atoms with Gasteiger partial charge in [-0.05, 0) is 37.5 Å². The number of likely N-dealkylation sites (N-methyl/N-ethyl adjacent to an activating group) is 1. The van der Waals surface area contributed by atoms with Gasteiger partial charge in [0.25, 0.3) is 5.91 Å². The summed E-state index contributed by atoms with van der Waals surface area (Å²) in [5.74, 6) is -0.251. The first-order valence-electron chi connectivity index (χ1n) is 7.09. The van der Waals surface area contributed by atoms with Crippen molar-refractivity contribution in [2.75, 3.05) is 36.9 Å². The number of anilines is 2. The molecule has 1 fully saturated rings. The molecule has 3 rings (SSSR count). The Hall–Kier alpha value is -2.04. The number of carbonyl (C=O) groups is 2. The largest absolute Gasteiger partial charge is 0.371 e. The monoisotopic (exact) mass is 273 g/mol. The lowest BCUT2D eigenvalue weighted by molar-refractivity contribution is -0.116. The molecule has 1 aromatic carbocycles. The molecular weight excluding hydrogens is 254 g/mol. The topological polar surface area (TPSA) is 52.7 Å². The first kappa shape index (κ1) is 13.0. The Labute approximate surface area is 118 Å². The van der Waals surface area contributed by atoms with Crippen molar-refractivity contribution in [3.05, 3.63) is 23.8 Å². The molecule has 5 nitrogen and oxygen atoms in total. The van der Waals surface area contributed by atoms with Gasteiger partial charge in [0.15, 0.2) is 0 Å². The zero-order valence-electron chi connectivity index (χ0n) is 11.7. The van der Waals surface area contributed by atoms with Crippen LogP contribution in [0.4, 0.5) is 11.4 Å². The number of nitrogens with zero attached hydrogens (tertiary/aromatic N) is 2. The first-order chi connectivity index (χ1) is 9.65. The summed E-state index contributed by atoms with van der Waals surface area (Å²) in [6.07, 6.45) is 3.68. The summed E-state index contributed by atoms with van der Waals surface area (Å²) >= 11 is 0. The van der Waals surface area contributed by atoms with Gasteiger partial charge >= 0.3 is 0 Å². The lowest BCUT2D eigenvalue weighted by atomic mass is 10.1. The summed E-state index contributed by atoms with van der Waals surface area (Å²) in [6.45, 7) is 2.19. The van der Waals surface area contributed by atoms with Crippen LogP contribution in [-0.4, -0.2) is 43.4 Å². The molecule has 1 aromatic rings. The average molecular weight is 273 g/mol. The predicted octanol–water partition coefficient (Wildman–Crippen LogP) is 1.70. The van der Waals surface area contributed by atoms with Crippen molar-refractivity contribution in [3.8, 4) is 0 Å². The second-order valence-corrected chi connectivity index (χ2v) is 5.49. The molecule has 0 saturated carbocycles. The fraction of sp³-hybridized carbons (Fsp3) is 0.467. The van der Waals surface area contributed by atoms with Gasteiger partial charge in [0, 0.05) is 25.8 Å². The van der Waals surface area contributed by atoms with E-state index in [-0.39, 0.29) is 18.4 Å². The highest BCUT2D eigenvalue weighted by Crippen LogP contribution is 2.28. The van der Waals surface area contributed by atoms with E-state index in [0.29, 0.717) is 11.3 Å². The number of amides is 2. The van der Waals surface area contributed by atoms with E-state index < -0.39 is 0 Å². The fourth-order valence-corrected chi connectivity index (χ4v) is 2.85. The molecule has 2 aliphatic heterocycles.